The van der Waals surface area contributed by atoms with Gasteiger partial charge in [0.25, 0.3) is 8.53 Å². The zero-order valence-corrected chi connectivity index (χ0v) is 29.0. The normalized spacial score (nSPS) is 19.8. The lowest BCUT2D eigenvalue weighted by Crippen LogP contribution is -2.47. The van der Waals surface area contributed by atoms with Crippen molar-refractivity contribution in [3.63, 3.8) is 0 Å². The average molecular weight is 687 g/mol. The van der Waals surface area contributed by atoms with Crippen molar-refractivity contribution in [2.45, 2.75) is 83.9 Å². The summed E-state index contributed by atoms with van der Waals surface area (Å²) in [6.07, 6.45) is 3.88. The number of nitrogens with zero attached hydrogens (tertiary/aromatic N) is 3. The van der Waals surface area contributed by atoms with Gasteiger partial charge in [0.15, 0.2) is 6.23 Å². The van der Waals surface area contributed by atoms with Gasteiger partial charge in [0.2, 0.25) is 15.9 Å². The molecule has 16 nitrogen and oxygen atoms in total. The number of sulfonamides is 1. The third-order valence-corrected chi connectivity index (χ3v) is 10.4. The minimum atomic E-state index is -3.49. The number of nitrogens with one attached hydrogen (secondary N) is 3. The molecule has 5 N–H and O–H groups in total. The summed E-state index contributed by atoms with van der Waals surface area (Å²) in [5.74, 6) is -0.343. The molecule has 0 radical (unpaired) electrons. The highest BCUT2D eigenvalue weighted by Crippen LogP contribution is 2.40. The first kappa shape index (κ1) is 42.2. The van der Waals surface area contributed by atoms with Crippen LogP contribution in [0.2, 0.25) is 0 Å². The summed E-state index contributed by atoms with van der Waals surface area (Å²) >= 11 is 0. The first-order valence-corrected chi connectivity index (χ1v) is 18.5. The van der Waals surface area contributed by atoms with E-state index in [0.717, 1.165) is 12.3 Å². The molecule has 3 amide bonds. The van der Waals surface area contributed by atoms with Crippen molar-refractivity contribution in [3.05, 3.63) is 12.3 Å². The predicted octanol–water partition coefficient (Wildman–Crippen LogP) is 1.47. The molecule has 1 fully saturated rings. The van der Waals surface area contributed by atoms with E-state index in [9.17, 15) is 32.6 Å². The number of carbonyl (C=O) groups excluding carboxylic acids is 3. The monoisotopic (exact) mass is 686 g/mol. The average Bonchev–Trinajstić information content (AvgIpc) is 3.33. The Kier molecular flexibility index (Phi) is 21.7. The molecule has 0 aromatic heterocycles. The Balaban J connectivity index is 0.00000111. The molecule has 1 aliphatic heterocycles. The highest BCUT2D eigenvalue weighted by molar-refractivity contribution is 7.93. The molecule has 4 unspecified atom stereocenters. The summed E-state index contributed by atoms with van der Waals surface area (Å²) in [4.78, 5) is 55.2. The second-order valence-corrected chi connectivity index (χ2v) is 14.8. The van der Waals surface area contributed by atoms with E-state index in [0.29, 0.717) is 38.6 Å². The number of amides is 3. The lowest BCUT2D eigenvalue weighted by molar-refractivity contribution is -0.130. The number of urea groups is 1. The topological polar surface area (TPSA) is 220 Å². The van der Waals surface area contributed by atoms with Crippen LogP contribution in [-0.2, 0) is 33.6 Å². The molecule has 0 aromatic rings. The fraction of sp³-hybridized carbons (Fsp3) is 0.760. The lowest BCUT2D eigenvalue weighted by atomic mass is 10.1. The Hall–Kier alpha value is -1.83. The van der Waals surface area contributed by atoms with Gasteiger partial charge in [0.1, 0.15) is 27.3 Å². The number of hydrogen-bond acceptors (Lipinski definition) is 12. The van der Waals surface area contributed by atoms with E-state index in [1.165, 1.54) is 25.2 Å². The van der Waals surface area contributed by atoms with Gasteiger partial charge in [-0.25, -0.2) is 17.9 Å². The number of nitriles is 1. The Bertz CT molecular complexity index is 1040. The molecule has 0 saturated carbocycles. The van der Waals surface area contributed by atoms with E-state index < -0.39 is 45.2 Å². The van der Waals surface area contributed by atoms with Gasteiger partial charge in [-0.15, -0.1) is 0 Å². The number of ether oxygens (including phenoxy) is 2. The smallest absolute Gasteiger partial charge is 0.323 e. The standard InChI is InChI=1S/C16H29N4O8PS.C9H19N2O2P/c1-17-14(22)11-27-13-10-12(6-4-9-29(24)19-30(3,25)26)28-15(13)20(7-5-8-21)16(23)18-2;1-8(2)11(9(3)4)14(12)13-7-5-6-10/h5,7-8,12-13,15,19,24H,4,6,9-11H2,1-3H3,(H,17,22)(H,18,23);8-9,12H,5,7H2,1-4H3/b7-5-;/t12?,13-,15?,29?;/m1./s1. The fourth-order valence-corrected chi connectivity index (χ4v) is 7.57. The van der Waals surface area contributed by atoms with Gasteiger partial charge in [-0.05, 0) is 46.6 Å². The van der Waals surface area contributed by atoms with Crippen molar-refractivity contribution in [1.82, 2.24) is 24.7 Å². The van der Waals surface area contributed by atoms with E-state index in [4.69, 9.17) is 19.3 Å². The van der Waals surface area contributed by atoms with Crippen molar-refractivity contribution in [2.24, 2.45) is 0 Å². The Morgan fingerprint density at radius 2 is 1.82 bits per heavy atom. The molecule has 0 bridgehead atoms. The zero-order valence-electron chi connectivity index (χ0n) is 26.4. The van der Waals surface area contributed by atoms with Crippen LogP contribution in [0.15, 0.2) is 12.3 Å². The molecular weight excluding hydrogens is 638 g/mol. The van der Waals surface area contributed by atoms with Gasteiger partial charge in [0.05, 0.1) is 31.5 Å². The van der Waals surface area contributed by atoms with Crippen molar-refractivity contribution >= 4 is 45.1 Å². The van der Waals surface area contributed by atoms with Crippen molar-refractivity contribution < 1.29 is 46.6 Å². The van der Waals surface area contributed by atoms with Crippen LogP contribution < -0.4 is 15.1 Å². The second-order valence-electron chi connectivity index (χ2n) is 10.0. The molecule has 1 heterocycles. The van der Waals surface area contributed by atoms with Crippen molar-refractivity contribution in [1.29, 1.82) is 5.26 Å². The molecule has 0 spiro atoms. The third-order valence-electron chi connectivity index (χ3n) is 5.74. The maximum atomic E-state index is 12.2. The molecule has 254 valence electrons. The summed E-state index contributed by atoms with van der Waals surface area (Å²) in [5, 5.41) is 13.2. The van der Waals surface area contributed by atoms with Gasteiger partial charge in [-0.3, -0.25) is 14.5 Å². The Morgan fingerprint density at radius 1 is 1.18 bits per heavy atom. The first-order valence-electron chi connectivity index (χ1n) is 13.9. The van der Waals surface area contributed by atoms with Crippen molar-refractivity contribution in [2.75, 3.05) is 39.7 Å². The maximum Gasteiger partial charge on any atom is 0.323 e. The summed E-state index contributed by atoms with van der Waals surface area (Å²) in [6, 6.07) is 1.94. The molecule has 19 heteroatoms. The highest BCUT2D eigenvalue weighted by atomic mass is 32.2. The van der Waals surface area contributed by atoms with Gasteiger partial charge >= 0.3 is 6.03 Å². The van der Waals surface area contributed by atoms with Crippen LogP contribution in [0.1, 0.15) is 53.4 Å². The van der Waals surface area contributed by atoms with Crippen LogP contribution >= 0.6 is 16.8 Å². The lowest BCUT2D eigenvalue weighted by Gasteiger charge is -2.32. The molecular formula is C25H48N6O10P2S. The summed E-state index contributed by atoms with van der Waals surface area (Å²) < 4.78 is 43.1. The fourth-order valence-electron chi connectivity index (χ4n) is 4.01. The summed E-state index contributed by atoms with van der Waals surface area (Å²) in [7, 11) is -4.01. The number of hydrogen-bond donors (Lipinski definition) is 5. The van der Waals surface area contributed by atoms with E-state index in [2.05, 4.69) is 15.1 Å². The Labute approximate surface area is 263 Å². The van der Waals surface area contributed by atoms with Crippen LogP contribution in [0, 0.1) is 11.3 Å². The van der Waals surface area contributed by atoms with Crippen LogP contribution in [0.25, 0.3) is 0 Å². The third kappa shape index (κ3) is 17.6. The highest BCUT2D eigenvalue weighted by Gasteiger charge is 2.41. The van der Waals surface area contributed by atoms with Crippen LogP contribution in [-0.4, -0.2) is 116 Å². The minimum absolute atomic E-state index is 0.229. The molecule has 44 heavy (non-hydrogen) atoms. The van der Waals surface area contributed by atoms with E-state index in [-0.39, 0.29) is 36.9 Å². The van der Waals surface area contributed by atoms with Gasteiger partial charge < -0.3 is 34.4 Å². The van der Waals surface area contributed by atoms with Gasteiger partial charge in [-0.1, -0.05) is 0 Å². The molecule has 1 saturated heterocycles. The number of rotatable bonds is 18. The quantitative estimate of drug-likeness (QED) is 0.0599. The van der Waals surface area contributed by atoms with Crippen LogP contribution in [0.4, 0.5) is 4.79 Å². The second kappa shape index (κ2) is 22.6. The number of carbonyl (C=O) groups is 3. The number of allylic oxidation sites excluding steroid dienone is 1. The molecule has 1 rings (SSSR count). The van der Waals surface area contributed by atoms with Gasteiger partial charge in [0, 0.05) is 45.0 Å². The molecule has 1 aliphatic rings. The minimum Gasteiger partial charge on any atom is -0.364 e. The summed E-state index contributed by atoms with van der Waals surface area (Å²) in [5.41, 5.74) is 0. The molecule has 0 aliphatic carbocycles. The first-order chi connectivity index (χ1) is 20.6. The zero-order chi connectivity index (χ0) is 33.9. The van der Waals surface area contributed by atoms with E-state index in [1.54, 1.807) is 0 Å². The van der Waals surface area contributed by atoms with E-state index >= 15 is 0 Å². The Morgan fingerprint density at radius 3 is 2.32 bits per heavy atom. The predicted molar refractivity (Wildman–Crippen MR) is 167 cm³/mol. The molecule has 0 aromatic carbocycles. The van der Waals surface area contributed by atoms with Crippen molar-refractivity contribution in [3.8, 4) is 6.07 Å². The van der Waals surface area contributed by atoms with Gasteiger partial charge in [-0.2, -0.15) is 9.75 Å². The van der Waals surface area contributed by atoms with Crippen LogP contribution in [0.5, 0.6) is 0 Å². The summed E-state index contributed by atoms with van der Waals surface area (Å²) in [6.45, 7) is 8.12. The molecule has 5 atom stereocenters. The number of aldehydes is 1. The maximum absolute atomic E-state index is 12.2. The number of likely N-dealkylation sites (N-methyl/N-ethyl adjacent to an activating group) is 1. The van der Waals surface area contributed by atoms with Crippen LogP contribution in [0.3, 0.4) is 0 Å². The SMILES string of the molecule is CC(C)N(C(C)C)P(O)OCCC#N.CNC(=O)CO[C@@H]1CC(CCCP(O)NS(C)(=O)=O)OC1N(/C=C\C=O)C(=O)NC. The van der Waals surface area contributed by atoms with E-state index in [1.807, 2.05) is 38.4 Å². The largest absolute Gasteiger partial charge is 0.364 e.